The zero-order chi connectivity index (χ0) is 4.99. The van der Waals surface area contributed by atoms with Gasteiger partial charge in [-0.2, -0.15) is 4.39 Å². The van der Waals surface area contributed by atoms with Crippen molar-refractivity contribution in [3.8, 4) is 0 Å². The van der Waals surface area contributed by atoms with E-state index in [9.17, 15) is 4.39 Å². The van der Waals surface area contributed by atoms with E-state index in [-0.39, 0.29) is 5.95 Å². The minimum atomic E-state index is -0.282. The van der Waals surface area contributed by atoms with Crippen LogP contribution in [0.4, 0.5) is 4.39 Å². The highest BCUT2D eigenvalue weighted by molar-refractivity contribution is 4.82. The minimum Gasteiger partial charge on any atom is -0.365 e. The molecular formula is C4H8FN. The maximum atomic E-state index is 11.6. The third kappa shape index (κ3) is 1.76. The monoisotopic (exact) mass is 89.1 g/mol. The fourth-order valence-electron chi connectivity index (χ4n) is 0.144. The van der Waals surface area contributed by atoms with Crippen LogP contribution in [0.3, 0.4) is 0 Å². The van der Waals surface area contributed by atoms with Crippen LogP contribution in [0.2, 0.25) is 0 Å². The van der Waals surface area contributed by atoms with E-state index in [1.807, 2.05) is 0 Å². The molecule has 0 aliphatic heterocycles. The molecule has 0 fully saturated rings. The summed E-state index contributed by atoms with van der Waals surface area (Å²) < 4.78 is 11.6. The van der Waals surface area contributed by atoms with Crippen molar-refractivity contribution in [1.29, 1.82) is 0 Å². The molecule has 6 heavy (non-hydrogen) atoms. The molecule has 0 aromatic rings. The average Bonchev–Trinajstić information content (AvgIpc) is 1.65. The predicted octanol–water partition coefficient (Wildman–Crippen LogP) is 1.04. The minimum absolute atomic E-state index is 0.282. The molecule has 0 unspecified atom stereocenters. The lowest BCUT2D eigenvalue weighted by atomic mass is 10.7. The molecular weight excluding hydrogens is 81.0 g/mol. The van der Waals surface area contributed by atoms with Gasteiger partial charge in [-0.05, 0) is 13.0 Å². The highest BCUT2D eigenvalue weighted by atomic mass is 19.1. The van der Waals surface area contributed by atoms with E-state index < -0.39 is 0 Å². The first-order valence-electron chi connectivity index (χ1n) is 1.81. The second kappa shape index (κ2) is 2.69. The van der Waals surface area contributed by atoms with E-state index in [2.05, 4.69) is 5.32 Å². The van der Waals surface area contributed by atoms with Gasteiger partial charge < -0.3 is 5.32 Å². The lowest BCUT2D eigenvalue weighted by Gasteiger charge is -1.86. The molecule has 1 nitrogen and oxygen atoms in total. The molecule has 1 N–H and O–H groups in total. The molecule has 0 aliphatic rings. The largest absolute Gasteiger partial charge is 0.365 e. The van der Waals surface area contributed by atoms with Crippen molar-refractivity contribution >= 4 is 0 Å². The molecule has 36 valence electrons. The summed E-state index contributed by atoms with van der Waals surface area (Å²) in [5, 5.41) is 2.31. The van der Waals surface area contributed by atoms with Crippen LogP contribution in [0.15, 0.2) is 12.0 Å². The van der Waals surface area contributed by atoms with E-state index >= 15 is 0 Å². The summed E-state index contributed by atoms with van der Waals surface area (Å²) in [4.78, 5) is 0. The van der Waals surface area contributed by atoms with Gasteiger partial charge in [0.2, 0.25) is 0 Å². The summed E-state index contributed by atoms with van der Waals surface area (Å²) >= 11 is 0. The van der Waals surface area contributed by atoms with E-state index in [0.717, 1.165) is 0 Å². The molecule has 0 bridgehead atoms. The first kappa shape index (κ1) is 5.47. The molecule has 0 atom stereocenters. The number of hydrogen-bond donors (Lipinski definition) is 1. The molecule has 0 amide bonds. The van der Waals surface area contributed by atoms with Crippen LogP contribution in [0.5, 0.6) is 0 Å². The van der Waals surface area contributed by atoms with E-state index in [1.165, 1.54) is 13.1 Å². The van der Waals surface area contributed by atoms with Gasteiger partial charge >= 0.3 is 0 Å². The molecule has 0 saturated carbocycles. The van der Waals surface area contributed by atoms with Crippen molar-refractivity contribution in [2.24, 2.45) is 0 Å². The lowest BCUT2D eigenvalue weighted by Crippen LogP contribution is -1.98. The van der Waals surface area contributed by atoms with E-state index in [1.54, 1.807) is 6.92 Å². The van der Waals surface area contributed by atoms with Crippen LogP contribution in [-0.4, -0.2) is 7.05 Å². The predicted molar refractivity (Wildman–Crippen MR) is 23.9 cm³/mol. The normalized spacial score (nSPS) is 11.5. The molecule has 0 spiro atoms. The maximum absolute atomic E-state index is 11.6. The molecule has 0 radical (unpaired) electrons. The molecule has 0 aromatic heterocycles. The number of nitrogens with one attached hydrogen (secondary N) is 1. The highest BCUT2D eigenvalue weighted by Crippen LogP contribution is 1.83. The molecule has 0 rings (SSSR count). The van der Waals surface area contributed by atoms with Crippen LogP contribution in [-0.2, 0) is 0 Å². The van der Waals surface area contributed by atoms with Gasteiger partial charge in [0.25, 0.3) is 0 Å². The van der Waals surface area contributed by atoms with Gasteiger partial charge in [-0.1, -0.05) is 0 Å². The Balaban J connectivity index is 3.22. The Kier molecular flexibility index (Phi) is 2.46. The number of halogens is 1. The number of allylic oxidation sites excluding steroid dienone is 1. The lowest BCUT2D eigenvalue weighted by molar-refractivity contribution is 0.571. The van der Waals surface area contributed by atoms with Crippen molar-refractivity contribution in [3.05, 3.63) is 12.0 Å². The van der Waals surface area contributed by atoms with Gasteiger partial charge in [0.1, 0.15) is 0 Å². The van der Waals surface area contributed by atoms with Crippen molar-refractivity contribution in [2.45, 2.75) is 6.92 Å². The average molecular weight is 89.1 g/mol. The summed E-state index contributed by atoms with van der Waals surface area (Å²) in [7, 11) is 1.54. The summed E-state index contributed by atoms with van der Waals surface area (Å²) in [6.45, 7) is 1.63. The van der Waals surface area contributed by atoms with Crippen LogP contribution >= 0.6 is 0 Å². The number of hydrogen-bond acceptors (Lipinski definition) is 1. The zero-order valence-corrected chi connectivity index (χ0v) is 3.96. The van der Waals surface area contributed by atoms with Crippen molar-refractivity contribution in [1.82, 2.24) is 5.32 Å². The molecule has 0 aromatic carbocycles. The Morgan fingerprint density at radius 2 is 2.33 bits per heavy atom. The van der Waals surface area contributed by atoms with Crippen LogP contribution in [0.1, 0.15) is 6.92 Å². The van der Waals surface area contributed by atoms with E-state index in [0.29, 0.717) is 0 Å². The smallest absolute Gasteiger partial charge is 0.182 e. The van der Waals surface area contributed by atoms with Crippen molar-refractivity contribution in [2.75, 3.05) is 7.05 Å². The van der Waals surface area contributed by atoms with Gasteiger partial charge in [0, 0.05) is 7.05 Å². The summed E-state index contributed by atoms with van der Waals surface area (Å²) in [6, 6.07) is 0. The van der Waals surface area contributed by atoms with Gasteiger partial charge in [0.05, 0.1) is 0 Å². The zero-order valence-electron chi connectivity index (χ0n) is 3.96. The third-order valence-corrected chi connectivity index (χ3v) is 0.492. The molecule has 2 heteroatoms. The van der Waals surface area contributed by atoms with E-state index in [4.69, 9.17) is 0 Å². The Bertz CT molecular complexity index is 58.6. The summed E-state index contributed by atoms with van der Waals surface area (Å²) in [5.41, 5.74) is 0. The Labute approximate surface area is 36.9 Å². The molecule has 0 saturated heterocycles. The van der Waals surface area contributed by atoms with Gasteiger partial charge in [-0.25, -0.2) is 0 Å². The van der Waals surface area contributed by atoms with Crippen molar-refractivity contribution < 1.29 is 4.39 Å². The summed E-state index contributed by atoms with van der Waals surface area (Å²) in [6.07, 6.45) is 1.36. The van der Waals surface area contributed by atoms with Gasteiger partial charge in [0.15, 0.2) is 5.95 Å². The Hall–Kier alpha value is -0.530. The quantitative estimate of drug-likeness (QED) is 0.473. The second-order valence-electron chi connectivity index (χ2n) is 0.887. The Morgan fingerprint density at radius 1 is 1.83 bits per heavy atom. The number of rotatable bonds is 1. The fraction of sp³-hybridized carbons (Fsp3) is 0.500. The molecule has 0 heterocycles. The molecule has 0 aliphatic carbocycles. The highest BCUT2D eigenvalue weighted by Gasteiger charge is 1.75. The van der Waals surface area contributed by atoms with Crippen LogP contribution in [0, 0.1) is 0 Å². The maximum Gasteiger partial charge on any atom is 0.182 e. The standard InChI is InChI=1S/C4H8FN/c1-3-4(5)6-2/h3,6H,1-2H3. The SMILES string of the molecule is CC=C(F)NC. The fourth-order valence-corrected chi connectivity index (χ4v) is 0.144. The summed E-state index contributed by atoms with van der Waals surface area (Å²) in [5.74, 6) is -0.282. The Morgan fingerprint density at radius 3 is 2.33 bits per heavy atom. The second-order valence-corrected chi connectivity index (χ2v) is 0.887. The van der Waals surface area contributed by atoms with Gasteiger partial charge in [-0.15, -0.1) is 0 Å². The third-order valence-electron chi connectivity index (χ3n) is 0.492. The first-order valence-corrected chi connectivity index (χ1v) is 1.81. The van der Waals surface area contributed by atoms with Gasteiger partial charge in [-0.3, -0.25) is 0 Å². The van der Waals surface area contributed by atoms with Crippen molar-refractivity contribution in [3.63, 3.8) is 0 Å². The topological polar surface area (TPSA) is 12.0 Å². The van der Waals surface area contributed by atoms with Crippen LogP contribution in [0.25, 0.3) is 0 Å². The first-order chi connectivity index (χ1) is 2.81. The van der Waals surface area contributed by atoms with Crippen LogP contribution < -0.4 is 5.32 Å².